The first-order valence-corrected chi connectivity index (χ1v) is 7.33. The van der Waals surface area contributed by atoms with Crippen LogP contribution in [0.4, 0.5) is 4.39 Å². The lowest BCUT2D eigenvalue weighted by molar-refractivity contribution is 0.0386. The van der Waals surface area contributed by atoms with Crippen LogP contribution < -0.4 is 0 Å². The minimum absolute atomic E-state index is 0.116. The fourth-order valence-corrected chi connectivity index (χ4v) is 3.67. The van der Waals surface area contributed by atoms with Crippen LogP contribution in [0.5, 0.6) is 0 Å². The van der Waals surface area contributed by atoms with Crippen LogP contribution in [0.3, 0.4) is 0 Å². The summed E-state index contributed by atoms with van der Waals surface area (Å²) in [5, 5.41) is 0. The summed E-state index contributed by atoms with van der Waals surface area (Å²) in [7, 11) is 0. The lowest BCUT2D eigenvalue weighted by atomic mass is 9.78. The Morgan fingerprint density at radius 3 is 2.68 bits per heavy atom. The van der Waals surface area contributed by atoms with Gasteiger partial charge in [0, 0.05) is 12.6 Å². The van der Waals surface area contributed by atoms with E-state index in [1.165, 1.54) is 31.7 Å². The molecule has 1 aliphatic carbocycles. The number of hydrogen-bond donors (Lipinski definition) is 0. The van der Waals surface area contributed by atoms with Crippen molar-refractivity contribution in [2.75, 3.05) is 6.54 Å². The third kappa shape index (κ3) is 2.38. The molecule has 0 N–H and O–H groups in total. The Labute approximate surface area is 113 Å². The summed E-state index contributed by atoms with van der Waals surface area (Å²) in [6, 6.07) is 6.68. The molecule has 2 nitrogen and oxygen atoms in total. The van der Waals surface area contributed by atoms with E-state index in [1.807, 2.05) is 4.90 Å². The molecule has 1 saturated heterocycles. The highest BCUT2D eigenvalue weighted by Gasteiger charge is 2.36. The van der Waals surface area contributed by atoms with Crippen LogP contribution >= 0.6 is 0 Å². The molecule has 1 aromatic carbocycles. The summed E-state index contributed by atoms with van der Waals surface area (Å²) in [4.78, 5) is 14.5. The molecule has 2 fully saturated rings. The molecule has 1 heterocycles. The monoisotopic (exact) mass is 261 g/mol. The zero-order chi connectivity index (χ0) is 13.2. The molecular formula is C16H20FNO. The molecule has 2 unspecified atom stereocenters. The van der Waals surface area contributed by atoms with Gasteiger partial charge in [0.1, 0.15) is 5.82 Å². The van der Waals surface area contributed by atoms with Crippen molar-refractivity contribution >= 4 is 5.91 Å². The predicted molar refractivity (Wildman–Crippen MR) is 72.4 cm³/mol. The Morgan fingerprint density at radius 1 is 1.11 bits per heavy atom. The van der Waals surface area contributed by atoms with E-state index in [0.717, 1.165) is 19.4 Å². The van der Waals surface area contributed by atoms with Crippen molar-refractivity contribution < 1.29 is 9.18 Å². The van der Waals surface area contributed by atoms with Gasteiger partial charge in [-0.3, -0.25) is 4.79 Å². The minimum atomic E-state index is -0.398. The zero-order valence-electron chi connectivity index (χ0n) is 11.1. The van der Waals surface area contributed by atoms with Crippen LogP contribution in [0.15, 0.2) is 24.3 Å². The standard InChI is InChI=1S/C16H20FNO/c17-14-9-3-2-8-13(14)16(19)18-11-5-7-12-6-1-4-10-15(12)18/h2-3,8-9,12,15H,1,4-7,10-11H2. The highest BCUT2D eigenvalue weighted by Crippen LogP contribution is 2.36. The summed E-state index contributed by atoms with van der Waals surface area (Å²) in [5.74, 6) is 0.123. The average molecular weight is 261 g/mol. The van der Waals surface area contributed by atoms with Crippen LogP contribution in [0.2, 0.25) is 0 Å². The number of halogens is 1. The number of benzene rings is 1. The first kappa shape index (κ1) is 12.6. The largest absolute Gasteiger partial charge is 0.335 e. The number of carbonyl (C=O) groups excluding carboxylic acids is 1. The summed E-state index contributed by atoms with van der Waals surface area (Å²) in [5.41, 5.74) is 0.230. The molecule has 1 aliphatic heterocycles. The van der Waals surface area contributed by atoms with Gasteiger partial charge in [0.2, 0.25) is 0 Å². The summed E-state index contributed by atoms with van der Waals surface area (Å²) >= 11 is 0. The fraction of sp³-hybridized carbons (Fsp3) is 0.562. The highest BCUT2D eigenvalue weighted by molar-refractivity contribution is 5.94. The smallest absolute Gasteiger partial charge is 0.257 e. The second kappa shape index (κ2) is 5.32. The summed E-state index contributed by atoms with van der Waals surface area (Å²) in [6.07, 6.45) is 7.08. The molecule has 3 rings (SSSR count). The minimum Gasteiger partial charge on any atom is -0.335 e. The van der Waals surface area contributed by atoms with Gasteiger partial charge in [0.05, 0.1) is 5.56 Å². The van der Waals surface area contributed by atoms with Crippen LogP contribution in [0.25, 0.3) is 0 Å². The van der Waals surface area contributed by atoms with Crippen LogP contribution in [-0.4, -0.2) is 23.4 Å². The number of fused-ring (bicyclic) bond motifs is 1. The first-order chi connectivity index (χ1) is 9.27. The van der Waals surface area contributed by atoms with Crippen molar-refractivity contribution in [1.82, 2.24) is 4.90 Å². The number of hydrogen-bond acceptors (Lipinski definition) is 1. The maximum absolute atomic E-state index is 13.8. The van der Waals surface area contributed by atoms with Gasteiger partial charge in [0.25, 0.3) is 5.91 Å². The fourth-order valence-electron chi connectivity index (χ4n) is 3.67. The second-order valence-corrected chi connectivity index (χ2v) is 5.73. The lowest BCUT2D eigenvalue weighted by Gasteiger charge is -2.44. The van der Waals surface area contributed by atoms with E-state index in [1.54, 1.807) is 18.2 Å². The van der Waals surface area contributed by atoms with Gasteiger partial charge < -0.3 is 4.90 Å². The zero-order valence-corrected chi connectivity index (χ0v) is 11.1. The lowest BCUT2D eigenvalue weighted by Crippen LogP contribution is -2.49. The van der Waals surface area contributed by atoms with Crippen molar-refractivity contribution in [2.24, 2.45) is 5.92 Å². The summed E-state index contributed by atoms with van der Waals surface area (Å²) in [6.45, 7) is 0.786. The maximum atomic E-state index is 13.8. The number of carbonyl (C=O) groups is 1. The quantitative estimate of drug-likeness (QED) is 0.756. The Morgan fingerprint density at radius 2 is 1.84 bits per heavy atom. The number of rotatable bonds is 1. The average Bonchev–Trinajstić information content (AvgIpc) is 2.46. The topological polar surface area (TPSA) is 20.3 Å². The van der Waals surface area contributed by atoms with Gasteiger partial charge in [-0.25, -0.2) is 4.39 Å². The second-order valence-electron chi connectivity index (χ2n) is 5.73. The molecule has 0 spiro atoms. The Kier molecular flexibility index (Phi) is 3.54. The molecule has 3 heteroatoms. The molecule has 2 aliphatic rings. The molecule has 1 saturated carbocycles. The van der Waals surface area contributed by atoms with E-state index in [0.29, 0.717) is 12.0 Å². The van der Waals surface area contributed by atoms with E-state index in [9.17, 15) is 9.18 Å². The predicted octanol–water partition coefficient (Wildman–Crippen LogP) is 3.62. The van der Waals surface area contributed by atoms with Crippen molar-refractivity contribution in [3.05, 3.63) is 35.6 Å². The number of nitrogens with zero attached hydrogens (tertiary/aromatic N) is 1. The van der Waals surface area contributed by atoms with Crippen molar-refractivity contribution in [1.29, 1.82) is 0 Å². The Bertz CT molecular complexity index is 472. The van der Waals surface area contributed by atoms with E-state index in [4.69, 9.17) is 0 Å². The van der Waals surface area contributed by atoms with Crippen LogP contribution in [-0.2, 0) is 0 Å². The third-order valence-electron chi connectivity index (χ3n) is 4.61. The van der Waals surface area contributed by atoms with Gasteiger partial charge in [-0.1, -0.05) is 25.0 Å². The van der Waals surface area contributed by atoms with Crippen LogP contribution in [0, 0.1) is 11.7 Å². The molecule has 0 aromatic heterocycles. The molecule has 0 radical (unpaired) electrons. The van der Waals surface area contributed by atoms with E-state index in [-0.39, 0.29) is 11.5 Å². The van der Waals surface area contributed by atoms with Gasteiger partial charge in [0.15, 0.2) is 0 Å². The SMILES string of the molecule is O=C(c1ccccc1F)N1CCCC2CCCCC21. The molecule has 19 heavy (non-hydrogen) atoms. The van der Waals surface area contributed by atoms with Crippen molar-refractivity contribution in [3.63, 3.8) is 0 Å². The van der Waals surface area contributed by atoms with E-state index in [2.05, 4.69) is 0 Å². The van der Waals surface area contributed by atoms with Crippen molar-refractivity contribution in [3.8, 4) is 0 Å². The molecular weight excluding hydrogens is 241 g/mol. The van der Waals surface area contributed by atoms with Gasteiger partial charge in [-0.05, 0) is 43.7 Å². The first-order valence-electron chi connectivity index (χ1n) is 7.33. The van der Waals surface area contributed by atoms with E-state index < -0.39 is 5.82 Å². The summed E-state index contributed by atoms with van der Waals surface area (Å²) < 4.78 is 13.8. The van der Waals surface area contributed by atoms with Gasteiger partial charge in [-0.15, -0.1) is 0 Å². The highest BCUT2D eigenvalue weighted by atomic mass is 19.1. The van der Waals surface area contributed by atoms with E-state index >= 15 is 0 Å². The normalized spacial score (nSPS) is 26.9. The molecule has 102 valence electrons. The number of piperidine rings is 1. The number of amides is 1. The van der Waals surface area contributed by atoms with Gasteiger partial charge in [-0.2, -0.15) is 0 Å². The maximum Gasteiger partial charge on any atom is 0.257 e. The Hall–Kier alpha value is -1.38. The van der Waals surface area contributed by atoms with Crippen molar-refractivity contribution in [2.45, 2.75) is 44.6 Å². The third-order valence-corrected chi connectivity index (χ3v) is 4.61. The molecule has 1 amide bonds. The molecule has 0 bridgehead atoms. The van der Waals surface area contributed by atoms with Gasteiger partial charge >= 0.3 is 0 Å². The molecule has 1 aromatic rings. The molecule has 2 atom stereocenters. The number of likely N-dealkylation sites (tertiary alicyclic amines) is 1. The van der Waals surface area contributed by atoms with Crippen LogP contribution in [0.1, 0.15) is 48.9 Å². The Balaban J connectivity index is 1.84.